The molecule has 5 rings (SSSR count). The fraction of sp³-hybridized carbons (Fsp3) is 0.444. The summed E-state index contributed by atoms with van der Waals surface area (Å²) in [5, 5.41) is -0.258. The number of carbonyl (C=O) groups excluding carboxylic acids is 2. The minimum atomic E-state index is -4.94. The van der Waals surface area contributed by atoms with Gasteiger partial charge in [0.2, 0.25) is 5.92 Å². The molecule has 1 N–H and O–H groups in total. The Morgan fingerprint density at radius 2 is 1.33 bits per heavy atom. The molecule has 0 spiro atoms. The van der Waals surface area contributed by atoms with E-state index in [2.05, 4.69) is 0 Å². The number of carbonyl (C=O) groups is 2. The van der Waals surface area contributed by atoms with Crippen LogP contribution in [0.1, 0.15) is 16.7 Å². The standard InChI is InChI=1S/C36H42O13S2/c1-42-34(37)32(35(38)43-2)36-47-21-28(49-51(39,40)41)29(48-36)23-50-24-30(45-19-26-14-8-4-9-15-26)33(46-20-27-16-10-5-11-17-27)31(50)22-44-18-25-12-6-3-7-13-25/h3-17,28-33,36H,18-24H2,1-2H3/p+1/t28-,29+,30+,31+,33-,36?,50?/m0/s1. The lowest BCUT2D eigenvalue weighted by Gasteiger charge is -2.36. The second kappa shape index (κ2) is 18.9. The van der Waals surface area contributed by atoms with Gasteiger partial charge in [-0.05, 0) is 16.7 Å². The van der Waals surface area contributed by atoms with E-state index >= 15 is 0 Å². The van der Waals surface area contributed by atoms with E-state index in [4.69, 9.17) is 37.3 Å². The fourth-order valence-electron chi connectivity index (χ4n) is 5.96. The first-order valence-corrected chi connectivity index (χ1v) is 19.3. The molecule has 0 amide bonds. The van der Waals surface area contributed by atoms with Crippen LogP contribution in [0.3, 0.4) is 0 Å². The maximum atomic E-state index is 12.6. The van der Waals surface area contributed by atoms with Gasteiger partial charge in [0.1, 0.15) is 35.9 Å². The molecule has 0 aliphatic carbocycles. The summed E-state index contributed by atoms with van der Waals surface area (Å²) in [6, 6.07) is 29.2. The molecule has 0 bridgehead atoms. The van der Waals surface area contributed by atoms with Crippen LogP contribution in [-0.2, 0) is 88.0 Å². The van der Waals surface area contributed by atoms with Gasteiger partial charge in [-0.3, -0.25) is 14.1 Å². The molecule has 2 saturated heterocycles. The smallest absolute Gasteiger partial charge is 0.397 e. The van der Waals surface area contributed by atoms with Gasteiger partial charge in [-0.1, -0.05) is 91.0 Å². The van der Waals surface area contributed by atoms with Crippen molar-refractivity contribution < 1.29 is 59.9 Å². The molecule has 3 aromatic carbocycles. The second-order valence-corrected chi connectivity index (χ2v) is 15.4. The van der Waals surface area contributed by atoms with Gasteiger partial charge in [-0.25, -0.2) is 4.18 Å². The molecule has 51 heavy (non-hydrogen) atoms. The lowest BCUT2D eigenvalue weighted by molar-refractivity contribution is -0.261. The van der Waals surface area contributed by atoms with Gasteiger partial charge in [0, 0.05) is 10.9 Å². The highest BCUT2D eigenvalue weighted by molar-refractivity contribution is 7.97. The van der Waals surface area contributed by atoms with Gasteiger partial charge in [0.05, 0.1) is 47.3 Å². The molecule has 2 aliphatic heterocycles. The third-order valence-corrected chi connectivity index (χ3v) is 11.7. The monoisotopic (exact) mass is 747 g/mol. The highest BCUT2D eigenvalue weighted by atomic mass is 32.3. The average molecular weight is 748 g/mol. The summed E-state index contributed by atoms with van der Waals surface area (Å²) in [5.74, 6) is -2.87. The van der Waals surface area contributed by atoms with Gasteiger partial charge >= 0.3 is 22.3 Å². The highest BCUT2D eigenvalue weighted by Gasteiger charge is 2.56. The van der Waals surface area contributed by atoms with Crippen molar-refractivity contribution in [2.75, 3.05) is 38.9 Å². The molecule has 13 nitrogen and oxygen atoms in total. The predicted molar refractivity (Wildman–Crippen MR) is 186 cm³/mol. The normalized spacial score (nSPS) is 25.1. The van der Waals surface area contributed by atoms with Crippen molar-refractivity contribution in [3.05, 3.63) is 108 Å². The molecular weight excluding hydrogens is 705 g/mol. The minimum Gasteiger partial charge on any atom is -0.468 e. The SMILES string of the molecule is COC(=O)C(C(=O)OC)C1OC[C@H](OS(=O)(=O)O)[C@@H](C[S+]2C[C@@H](OCc3ccccc3)[C@H](OCc3ccccc3)[C@H]2COCc2ccccc2)O1. The minimum absolute atomic E-state index is 0.171. The number of esters is 2. The second-order valence-electron chi connectivity index (χ2n) is 12.0. The molecule has 0 saturated carbocycles. The quantitative estimate of drug-likeness (QED) is 0.0928. The van der Waals surface area contributed by atoms with Crippen molar-refractivity contribution >= 4 is 33.2 Å². The Morgan fingerprint density at radius 1 is 0.804 bits per heavy atom. The van der Waals surface area contributed by atoms with E-state index in [1.165, 1.54) is 0 Å². The fourth-order valence-corrected chi connectivity index (χ4v) is 9.42. The van der Waals surface area contributed by atoms with E-state index in [-0.39, 0.29) is 17.6 Å². The van der Waals surface area contributed by atoms with Crippen LogP contribution in [0.15, 0.2) is 91.0 Å². The summed E-state index contributed by atoms with van der Waals surface area (Å²) in [6.07, 6.45) is -4.69. The number of hydrogen-bond acceptors (Lipinski definition) is 12. The summed E-state index contributed by atoms with van der Waals surface area (Å²) in [4.78, 5) is 25.3. The van der Waals surface area contributed by atoms with Gasteiger partial charge < -0.3 is 33.2 Å². The van der Waals surface area contributed by atoms with Gasteiger partial charge in [0.25, 0.3) is 0 Å². The molecule has 7 atom stereocenters. The van der Waals surface area contributed by atoms with Crippen molar-refractivity contribution in [2.45, 2.75) is 55.8 Å². The molecule has 3 aromatic rings. The van der Waals surface area contributed by atoms with Gasteiger partial charge in [0.15, 0.2) is 11.5 Å². The molecule has 0 aromatic heterocycles. The molecule has 2 unspecified atom stereocenters. The van der Waals surface area contributed by atoms with Crippen molar-refractivity contribution in [1.82, 2.24) is 0 Å². The molecule has 15 heteroatoms. The number of benzene rings is 3. The molecule has 2 fully saturated rings. The first-order valence-electron chi connectivity index (χ1n) is 16.3. The van der Waals surface area contributed by atoms with Crippen LogP contribution in [0, 0.1) is 5.92 Å². The number of rotatable bonds is 17. The maximum Gasteiger partial charge on any atom is 0.397 e. The van der Waals surface area contributed by atoms with E-state index in [9.17, 15) is 22.6 Å². The van der Waals surface area contributed by atoms with Crippen LogP contribution in [0.2, 0.25) is 0 Å². The third kappa shape index (κ3) is 11.3. The van der Waals surface area contributed by atoms with Crippen molar-refractivity contribution in [3.8, 4) is 0 Å². The Labute approximate surface area is 300 Å². The molecular formula is C36H43O13S2+. The van der Waals surface area contributed by atoms with Gasteiger partial charge in [-0.15, -0.1) is 0 Å². The zero-order valence-corrected chi connectivity index (χ0v) is 29.9. The Morgan fingerprint density at radius 3 is 1.86 bits per heavy atom. The molecule has 0 radical (unpaired) electrons. The molecule has 2 heterocycles. The lowest BCUT2D eigenvalue weighted by atomic mass is 10.1. The maximum absolute atomic E-state index is 12.6. The first-order chi connectivity index (χ1) is 24.6. The zero-order valence-electron chi connectivity index (χ0n) is 28.3. The van der Waals surface area contributed by atoms with Crippen molar-refractivity contribution in [1.29, 1.82) is 0 Å². The van der Waals surface area contributed by atoms with E-state index in [0.717, 1.165) is 30.9 Å². The molecule has 276 valence electrons. The summed E-state index contributed by atoms with van der Waals surface area (Å²) in [5.41, 5.74) is 2.95. The predicted octanol–water partition coefficient (Wildman–Crippen LogP) is 3.27. The van der Waals surface area contributed by atoms with Crippen molar-refractivity contribution in [2.24, 2.45) is 5.92 Å². The highest BCUT2D eigenvalue weighted by Crippen LogP contribution is 2.34. The zero-order chi connectivity index (χ0) is 36.2. The molecule has 2 aliphatic rings. The van der Waals surface area contributed by atoms with E-state index in [0.29, 0.717) is 25.6 Å². The number of hydrogen-bond donors (Lipinski definition) is 1. The number of ether oxygens (including phenoxy) is 7. The van der Waals surface area contributed by atoms with Crippen molar-refractivity contribution in [3.63, 3.8) is 0 Å². The summed E-state index contributed by atoms with van der Waals surface area (Å²) < 4.78 is 79.2. The van der Waals surface area contributed by atoms with Crippen LogP contribution < -0.4 is 0 Å². The number of methoxy groups -OCH3 is 2. The first kappa shape index (κ1) is 38.8. The Bertz CT molecular complexity index is 1610. The van der Waals surface area contributed by atoms with Crippen LogP contribution >= 0.6 is 0 Å². The van der Waals surface area contributed by atoms with E-state index in [1.54, 1.807) is 0 Å². The Kier molecular flexibility index (Phi) is 14.4. The Balaban J connectivity index is 1.43. The Hall–Kier alpha value is -3.38. The van der Waals surface area contributed by atoms with Crippen LogP contribution in [0.4, 0.5) is 0 Å². The average Bonchev–Trinajstić information content (AvgIpc) is 3.46. The van der Waals surface area contributed by atoms with Crippen LogP contribution in [0.5, 0.6) is 0 Å². The largest absolute Gasteiger partial charge is 0.468 e. The lowest BCUT2D eigenvalue weighted by Crippen LogP contribution is -2.54. The van der Waals surface area contributed by atoms with E-state index in [1.807, 2.05) is 91.0 Å². The van der Waals surface area contributed by atoms with Gasteiger partial charge in [-0.2, -0.15) is 8.42 Å². The van der Waals surface area contributed by atoms with E-state index < -0.39 is 76.5 Å². The topological polar surface area (TPSA) is 162 Å². The van der Waals surface area contributed by atoms with Crippen LogP contribution in [-0.4, -0.2) is 99.8 Å². The van der Waals surface area contributed by atoms with Crippen LogP contribution in [0.25, 0.3) is 0 Å². The summed E-state index contributed by atoms with van der Waals surface area (Å²) >= 11 is 0. The summed E-state index contributed by atoms with van der Waals surface area (Å²) in [7, 11) is -3.38. The third-order valence-electron chi connectivity index (χ3n) is 8.48. The summed E-state index contributed by atoms with van der Waals surface area (Å²) in [6.45, 7) is 0.836.